The number of carbonyl (C=O) groups excluding carboxylic acids is 2. The highest BCUT2D eigenvalue weighted by Crippen LogP contribution is 2.17. The molecule has 1 N–H and O–H groups in total. The molecule has 1 fully saturated rings. The number of hydrogen-bond donors (Lipinski definition) is 1. The molecule has 1 unspecified atom stereocenters. The number of halogens is 2. The van der Waals surface area contributed by atoms with Gasteiger partial charge in [-0.15, -0.1) is 24.8 Å². The molecule has 8 nitrogen and oxygen atoms in total. The van der Waals surface area contributed by atoms with Crippen LogP contribution in [0.25, 0.3) is 11.2 Å². The van der Waals surface area contributed by atoms with Crippen LogP contribution < -0.4 is 5.32 Å². The van der Waals surface area contributed by atoms with Crippen LogP contribution in [0.3, 0.4) is 0 Å². The summed E-state index contributed by atoms with van der Waals surface area (Å²) in [6.45, 7) is 2.08. The Bertz CT molecular complexity index is 1010. The van der Waals surface area contributed by atoms with E-state index < -0.39 is 12.0 Å². The first-order valence-corrected chi connectivity index (χ1v) is 9.11. The summed E-state index contributed by atoms with van der Waals surface area (Å²) in [6.07, 6.45) is 3.27. The molecule has 160 valence electrons. The molecular weight excluding hydrogens is 429 g/mol. The number of fused-ring (bicyclic) bond motifs is 1. The van der Waals surface area contributed by atoms with Crippen molar-refractivity contribution in [2.75, 3.05) is 26.7 Å². The van der Waals surface area contributed by atoms with Gasteiger partial charge in [0.1, 0.15) is 11.6 Å². The van der Waals surface area contributed by atoms with Crippen molar-refractivity contribution in [1.29, 1.82) is 0 Å². The molecule has 0 aliphatic carbocycles. The van der Waals surface area contributed by atoms with Gasteiger partial charge in [-0.1, -0.05) is 30.3 Å². The summed E-state index contributed by atoms with van der Waals surface area (Å²) < 4.78 is 6.78. The maximum Gasteiger partial charge on any atom is 0.329 e. The van der Waals surface area contributed by atoms with Gasteiger partial charge in [-0.05, 0) is 11.6 Å². The zero-order valence-corrected chi connectivity index (χ0v) is 18.0. The molecule has 1 aromatic carbocycles. The first kappa shape index (κ1) is 23.6. The second-order valence-corrected chi connectivity index (χ2v) is 6.67. The Labute approximate surface area is 186 Å². The van der Waals surface area contributed by atoms with Gasteiger partial charge in [-0.2, -0.15) is 0 Å². The van der Waals surface area contributed by atoms with E-state index in [2.05, 4.69) is 15.3 Å². The number of methoxy groups -OCH3 is 1. The molecule has 0 saturated carbocycles. The number of nitrogens with one attached hydrogen (secondary N) is 1. The molecule has 3 aromatic rings. The van der Waals surface area contributed by atoms with Crippen molar-refractivity contribution in [2.24, 2.45) is 0 Å². The standard InChI is InChI=1S/C20H21N5O3.2ClH/c1-28-20(27)17-11-21-7-8-25(17)19(26)15-9-16-18(22-10-15)24(13-23-16)12-14-5-3-2-4-6-14;;/h2-6,9-10,13,17,21H,7-8,11-12H2,1H3;2*1H. The van der Waals surface area contributed by atoms with E-state index in [1.807, 2.05) is 34.9 Å². The van der Waals surface area contributed by atoms with E-state index >= 15 is 0 Å². The minimum absolute atomic E-state index is 0. The van der Waals surface area contributed by atoms with Crippen LogP contribution in [0.15, 0.2) is 48.9 Å². The SMILES string of the molecule is COC(=O)C1CNCCN1C(=O)c1cnc2c(c1)ncn2Cc1ccccc1.Cl.Cl. The molecule has 1 aliphatic heterocycles. The topological polar surface area (TPSA) is 89.3 Å². The molecular formula is C20H23Cl2N5O3. The Morgan fingerprint density at radius 2 is 1.97 bits per heavy atom. The van der Waals surface area contributed by atoms with Crippen LogP contribution in [0.4, 0.5) is 0 Å². The molecule has 30 heavy (non-hydrogen) atoms. The van der Waals surface area contributed by atoms with Crippen LogP contribution in [-0.4, -0.2) is 64.1 Å². The van der Waals surface area contributed by atoms with Crippen LogP contribution in [0.1, 0.15) is 15.9 Å². The molecule has 1 atom stereocenters. The van der Waals surface area contributed by atoms with Gasteiger partial charge in [0.05, 0.1) is 25.5 Å². The van der Waals surface area contributed by atoms with Crippen molar-refractivity contribution in [3.8, 4) is 0 Å². The summed E-state index contributed by atoms with van der Waals surface area (Å²) in [4.78, 5) is 35.4. The van der Waals surface area contributed by atoms with E-state index in [-0.39, 0.29) is 30.7 Å². The molecule has 2 aromatic heterocycles. The molecule has 1 saturated heterocycles. The first-order valence-electron chi connectivity index (χ1n) is 9.11. The van der Waals surface area contributed by atoms with Crippen molar-refractivity contribution in [3.63, 3.8) is 0 Å². The highest BCUT2D eigenvalue weighted by Gasteiger charge is 2.33. The first-order chi connectivity index (χ1) is 13.7. The summed E-state index contributed by atoms with van der Waals surface area (Å²) in [5.74, 6) is -0.675. The minimum atomic E-state index is -0.641. The van der Waals surface area contributed by atoms with Crippen LogP contribution in [0.5, 0.6) is 0 Å². The van der Waals surface area contributed by atoms with Gasteiger partial charge >= 0.3 is 5.97 Å². The zero-order chi connectivity index (χ0) is 19.5. The lowest BCUT2D eigenvalue weighted by molar-refractivity contribution is -0.146. The van der Waals surface area contributed by atoms with Crippen molar-refractivity contribution < 1.29 is 14.3 Å². The molecule has 1 amide bonds. The van der Waals surface area contributed by atoms with Crippen molar-refractivity contribution in [1.82, 2.24) is 24.8 Å². The van der Waals surface area contributed by atoms with Gasteiger partial charge in [-0.25, -0.2) is 14.8 Å². The highest BCUT2D eigenvalue weighted by molar-refractivity contribution is 5.98. The third-order valence-corrected chi connectivity index (χ3v) is 4.88. The Kier molecular flexibility index (Phi) is 8.16. The smallest absolute Gasteiger partial charge is 0.329 e. The number of hydrogen-bond acceptors (Lipinski definition) is 6. The van der Waals surface area contributed by atoms with Gasteiger partial charge in [0, 0.05) is 25.8 Å². The van der Waals surface area contributed by atoms with Gasteiger partial charge in [0.25, 0.3) is 5.91 Å². The zero-order valence-electron chi connectivity index (χ0n) is 16.4. The third-order valence-electron chi connectivity index (χ3n) is 4.88. The van der Waals surface area contributed by atoms with Crippen molar-refractivity contribution in [2.45, 2.75) is 12.6 Å². The van der Waals surface area contributed by atoms with Crippen LogP contribution in [0.2, 0.25) is 0 Å². The van der Waals surface area contributed by atoms with Crippen LogP contribution >= 0.6 is 24.8 Å². The monoisotopic (exact) mass is 451 g/mol. The molecule has 1 aliphatic rings. The number of aromatic nitrogens is 3. The van der Waals surface area contributed by atoms with E-state index in [4.69, 9.17) is 4.74 Å². The average Bonchev–Trinajstić information content (AvgIpc) is 3.15. The summed E-state index contributed by atoms with van der Waals surface area (Å²) in [5, 5.41) is 3.12. The fourth-order valence-electron chi connectivity index (χ4n) is 3.42. The fraction of sp³-hybridized carbons (Fsp3) is 0.300. The number of piperazine rings is 1. The summed E-state index contributed by atoms with van der Waals surface area (Å²) >= 11 is 0. The molecule has 10 heteroatoms. The van der Waals surface area contributed by atoms with Crippen LogP contribution in [-0.2, 0) is 16.1 Å². The number of pyridine rings is 1. The van der Waals surface area contributed by atoms with E-state index in [0.717, 1.165) is 5.56 Å². The lowest BCUT2D eigenvalue weighted by atomic mass is 10.1. The maximum absolute atomic E-state index is 13.0. The highest BCUT2D eigenvalue weighted by atomic mass is 35.5. The predicted octanol–water partition coefficient (Wildman–Crippen LogP) is 1.91. The van der Waals surface area contributed by atoms with E-state index in [0.29, 0.717) is 42.9 Å². The number of nitrogens with zero attached hydrogens (tertiary/aromatic N) is 4. The fourth-order valence-corrected chi connectivity index (χ4v) is 3.42. The van der Waals surface area contributed by atoms with E-state index in [9.17, 15) is 9.59 Å². The molecule has 3 heterocycles. The third kappa shape index (κ3) is 4.72. The summed E-state index contributed by atoms with van der Waals surface area (Å²) in [7, 11) is 1.33. The van der Waals surface area contributed by atoms with Gasteiger partial charge in [-0.3, -0.25) is 4.79 Å². The van der Waals surface area contributed by atoms with Crippen molar-refractivity contribution in [3.05, 3.63) is 60.0 Å². The van der Waals surface area contributed by atoms with Gasteiger partial charge in [0.2, 0.25) is 0 Å². The van der Waals surface area contributed by atoms with Crippen molar-refractivity contribution >= 4 is 47.9 Å². The van der Waals surface area contributed by atoms with E-state index in [1.165, 1.54) is 12.0 Å². The van der Waals surface area contributed by atoms with Gasteiger partial charge < -0.3 is 19.5 Å². The number of carbonyl (C=O) groups is 2. The Morgan fingerprint density at radius 3 is 2.70 bits per heavy atom. The lowest BCUT2D eigenvalue weighted by Gasteiger charge is -2.34. The Morgan fingerprint density at radius 1 is 1.20 bits per heavy atom. The minimum Gasteiger partial charge on any atom is -0.467 e. The Hall–Kier alpha value is -2.68. The molecule has 0 bridgehead atoms. The quantitative estimate of drug-likeness (QED) is 0.609. The number of rotatable bonds is 4. The maximum atomic E-state index is 13.0. The number of amides is 1. The van der Waals surface area contributed by atoms with Crippen LogP contribution in [0, 0.1) is 0 Å². The van der Waals surface area contributed by atoms with Gasteiger partial charge in [0.15, 0.2) is 5.65 Å². The average molecular weight is 452 g/mol. The lowest BCUT2D eigenvalue weighted by Crippen LogP contribution is -2.57. The largest absolute Gasteiger partial charge is 0.467 e. The number of esters is 1. The number of benzene rings is 1. The second-order valence-electron chi connectivity index (χ2n) is 6.67. The number of ether oxygens (including phenoxy) is 1. The normalized spacial score (nSPS) is 15.8. The predicted molar refractivity (Wildman–Crippen MR) is 117 cm³/mol. The Balaban J connectivity index is 0.00000160. The summed E-state index contributed by atoms with van der Waals surface area (Å²) in [5.41, 5.74) is 2.91. The molecule has 0 spiro atoms. The summed E-state index contributed by atoms with van der Waals surface area (Å²) in [6, 6.07) is 11.1. The second kappa shape index (κ2) is 10.4. The molecule has 0 radical (unpaired) electrons. The molecule has 4 rings (SSSR count). The van der Waals surface area contributed by atoms with E-state index in [1.54, 1.807) is 18.6 Å². The number of imidazole rings is 1.